The molecule has 1 amide bonds. The highest BCUT2D eigenvalue weighted by molar-refractivity contribution is 5.68. The molecular weight excluding hydrogens is 349 g/mol. The zero-order valence-electron chi connectivity index (χ0n) is 16.5. The number of nitrogens with one attached hydrogen (secondary N) is 1. The molecule has 1 N–H and O–H groups in total. The summed E-state index contributed by atoms with van der Waals surface area (Å²) >= 11 is 0. The van der Waals surface area contributed by atoms with Crippen LogP contribution in [0.25, 0.3) is 0 Å². The zero-order valence-corrected chi connectivity index (χ0v) is 16.5. The van der Waals surface area contributed by atoms with Crippen LogP contribution in [0.15, 0.2) is 24.3 Å². The van der Waals surface area contributed by atoms with Crippen molar-refractivity contribution in [3.8, 4) is 0 Å². The van der Waals surface area contributed by atoms with E-state index in [4.69, 9.17) is 9.47 Å². The number of hydrogen-bond donors (Lipinski definition) is 1. The number of carbonyl (C=O) groups excluding carboxylic acids is 1. The van der Waals surface area contributed by atoms with Crippen molar-refractivity contribution in [2.45, 2.75) is 26.5 Å². The van der Waals surface area contributed by atoms with E-state index in [-0.39, 0.29) is 5.82 Å². The quantitative estimate of drug-likeness (QED) is 0.874. The first kappa shape index (κ1) is 20.0. The van der Waals surface area contributed by atoms with Crippen LogP contribution in [0.2, 0.25) is 0 Å². The van der Waals surface area contributed by atoms with Gasteiger partial charge in [0.1, 0.15) is 5.82 Å². The van der Waals surface area contributed by atoms with Crippen molar-refractivity contribution in [3.63, 3.8) is 0 Å². The van der Waals surface area contributed by atoms with E-state index >= 15 is 0 Å². The van der Waals surface area contributed by atoms with Gasteiger partial charge >= 0.3 is 6.09 Å². The number of morpholine rings is 1. The lowest BCUT2D eigenvalue weighted by molar-refractivity contribution is -0.212. The minimum atomic E-state index is -1.22. The summed E-state index contributed by atoms with van der Waals surface area (Å²) in [5.41, 5.74) is -1.39. The third-order valence-corrected chi connectivity index (χ3v) is 5.32. The molecule has 2 fully saturated rings. The van der Waals surface area contributed by atoms with E-state index in [0.717, 1.165) is 13.1 Å². The van der Waals surface area contributed by atoms with Crippen molar-refractivity contribution in [2.24, 2.45) is 5.41 Å². The molecule has 2 aliphatic heterocycles. The third kappa shape index (κ3) is 3.95. The first-order valence-electron chi connectivity index (χ1n) is 9.63. The Hall–Kier alpha value is -1.70. The van der Waals surface area contributed by atoms with Crippen LogP contribution in [0.3, 0.4) is 0 Å². The van der Waals surface area contributed by atoms with Gasteiger partial charge in [0.2, 0.25) is 5.72 Å². The maximum absolute atomic E-state index is 15.0. The number of amides is 1. The van der Waals surface area contributed by atoms with Gasteiger partial charge in [0.15, 0.2) is 0 Å². The van der Waals surface area contributed by atoms with Gasteiger partial charge in [0, 0.05) is 50.2 Å². The molecule has 27 heavy (non-hydrogen) atoms. The Labute approximate surface area is 160 Å². The SMILES string of the molecule is CC(C)(C)C(OC(=O)N1CCNCC1)(c1ccccc1F)N1CCOCC1. The Balaban J connectivity index is 2.05. The van der Waals surface area contributed by atoms with Crippen molar-refractivity contribution in [2.75, 3.05) is 52.5 Å². The lowest BCUT2D eigenvalue weighted by atomic mass is 9.76. The van der Waals surface area contributed by atoms with Crippen LogP contribution in [0.1, 0.15) is 26.3 Å². The second kappa shape index (κ2) is 8.12. The van der Waals surface area contributed by atoms with Crippen LogP contribution in [0.4, 0.5) is 9.18 Å². The van der Waals surface area contributed by atoms with Gasteiger partial charge in [-0.3, -0.25) is 4.90 Å². The molecule has 0 radical (unpaired) electrons. The molecule has 1 atom stereocenters. The summed E-state index contributed by atoms with van der Waals surface area (Å²) in [6, 6.07) is 6.59. The molecule has 150 valence electrons. The van der Waals surface area contributed by atoms with Gasteiger partial charge in [-0.25, -0.2) is 9.18 Å². The molecule has 1 aromatic rings. The number of hydrogen-bond acceptors (Lipinski definition) is 5. The fraction of sp³-hybridized carbons (Fsp3) is 0.650. The highest BCUT2D eigenvalue weighted by Crippen LogP contribution is 2.47. The number of rotatable bonds is 3. The minimum absolute atomic E-state index is 0.368. The maximum atomic E-state index is 15.0. The van der Waals surface area contributed by atoms with Crippen molar-refractivity contribution in [1.82, 2.24) is 15.1 Å². The highest BCUT2D eigenvalue weighted by atomic mass is 19.1. The van der Waals surface area contributed by atoms with Gasteiger partial charge in [-0.2, -0.15) is 0 Å². The molecule has 1 unspecified atom stereocenters. The Morgan fingerprint density at radius 1 is 1.11 bits per heavy atom. The molecule has 1 aromatic carbocycles. The van der Waals surface area contributed by atoms with Crippen LogP contribution in [0, 0.1) is 11.2 Å². The van der Waals surface area contributed by atoms with E-state index in [2.05, 4.69) is 10.2 Å². The zero-order chi connectivity index (χ0) is 19.5. The van der Waals surface area contributed by atoms with Crippen LogP contribution < -0.4 is 5.32 Å². The van der Waals surface area contributed by atoms with Gasteiger partial charge in [0.25, 0.3) is 0 Å². The number of carbonyl (C=O) groups is 1. The molecule has 7 heteroatoms. The monoisotopic (exact) mass is 379 g/mol. The Morgan fingerprint density at radius 3 is 2.33 bits per heavy atom. The Kier molecular flexibility index (Phi) is 6.03. The number of piperazine rings is 1. The van der Waals surface area contributed by atoms with Gasteiger partial charge in [0.05, 0.1) is 13.2 Å². The predicted molar refractivity (Wildman–Crippen MR) is 101 cm³/mol. The highest BCUT2D eigenvalue weighted by Gasteiger charge is 2.54. The van der Waals surface area contributed by atoms with E-state index in [1.54, 1.807) is 23.1 Å². The molecule has 0 saturated carbocycles. The maximum Gasteiger partial charge on any atom is 0.411 e. The summed E-state index contributed by atoms with van der Waals surface area (Å²) in [6.07, 6.45) is -0.402. The molecule has 6 nitrogen and oxygen atoms in total. The van der Waals surface area contributed by atoms with Crippen molar-refractivity contribution in [1.29, 1.82) is 0 Å². The van der Waals surface area contributed by atoms with Gasteiger partial charge in [-0.1, -0.05) is 39.0 Å². The third-order valence-electron chi connectivity index (χ3n) is 5.32. The topological polar surface area (TPSA) is 54.0 Å². The summed E-state index contributed by atoms with van der Waals surface area (Å²) in [7, 11) is 0. The average molecular weight is 379 g/mol. The fourth-order valence-electron chi connectivity index (χ4n) is 3.97. The van der Waals surface area contributed by atoms with Crippen LogP contribution in [-0.4, -0.2) is 68.4 Å². The first-order chi connectivity index (χ1) is 12.9. The van der Waals surface area contributed by atoms with Crippen LogP contribution >= 0.6 is 0 Å². The summed E-state index contributed by atoms with van der Waals surface area (Å²) in [6.45, 7) is 10.8. The summed E-state index contributed by atoms with van der Waals surface area (Å²) in [4.78, 5) is 16.8. The minimum Gasteiger partial charge on any atom is -0.422 e. The second-order valence-electron chi connectivity index (χ2n) is 8.08. The molecule has 0 aromatic heterocycles. The van der Waals surface area contributed by atoms with Gasteiger partial charge in [-0.15, -0.1) is 0 Å². The molecule has 3 rings (SSSR count). The first-order valence-corrected chi connectivity index (χ1v) is 9.63. The lowest BCUT2D eigenvalue weighted by Crippen LogP contribution is -2.62. The molecule has 2 aliphatic rings. The molecule has 0 aliphatic carbocycles. The number of ether oxygens (including phenoxy) is 2. The molecule has 0 spiro atoms. The largest absolute Gasteiger partial charge is 0.422 e. The van der Waals surface area contributed by atoms with E-state index in [1.165, 1.54) is 6.07 Å². The predicted octanol–water partition coefficient (Wildman–Crippen LogP) is 2.40. The fourth-order valence-corrected chi connectivity index (χ4v) is 3.97. The Bertz CT molecular complexity index is 652. The van der Waals surface area contributed by atoms with Gasteiger partial charge in [-0.05, 0) is 6.07 Å². The summed E-state index contributed by atoms with van der Waals surface area (Å²) in [5, 5.41) is 3.23. The standard InChI is InChI=1S/C20H30FN3O3/c1-19(2,3)20(24-12-14-26-15-13-24,16-6-4-5-7-17(16)21)27-18(25)23-10-8-22-9-11-23/h4-7,22H,8-15H2,1-3H3. The number of nitrogens with zero attached hydrogens (tertiary/aromatic N) is 2. The summed E-state index contributed by atoms with van der Waals surface area (Å²) in [5.74, 6) is -0.368. The Morgan fingerprint density at radius 2 is 1.74 bits per heavy atom. The van der Waals surface area contributed by atoms with Crippen LogP contribution in [-0.2, 0) is 15.2 Å². The average Bonchev–Trinajstić information content (AvgIpc) is 2.67. The van der Waals surface area contributed by atoms with E-state index in [1.807, 2.05) is 20.8 Å². The number of halogens is 1. The van der Waals surface area contributed by atoms with Crippen LogP contribution in [0.5, 0.6) is 0 Å². The second-order valence-corrected chi connectivity index (χ2v) is 8.08. The van der Waals surface area contributed by atoms with Crippen molar-refractivity contribution >= 4 is 6.09 Å². The molecule has 2 heterocycles. The molecular formula is C20H30FN3O3. The van der Waals surface area contributed by atoms with Gasteiger partial charge < -0.3 is 19.7 Å². The van der Waals surface area contributed by atoms with E-state index < -0.39 is 17.2 Å². The number of benzene rings is 1. The van der Waals surface area contributed by atoms with Crippen molar-refractivity contribution in [3.05, 3.63) is 35.6 Å². The van der Waals surface area contributed by atoms with E-state index in [9.17, 15) is 9.18 Å². The van der Waals surface area contributed by atoms with E-state index in [0.29, 0.717) is 45.0 Å². The molecule has 0 bridgehead atoms. The smallest absolute Gasteiger partial charge is 0.411 e. The normalized spacial score (nSPS) is 21.6. The lowest BCUT2D eigenvalue weighted by Gasteiger charge is -2.52. The summed E-state index contributed by atoms with van der Waals surface area (Å²) < 4.78 is 26.7. The van der Waals surface area contributed by atoms with Crippen molar-refractivity contribution < 1.29 is 18.7 Å². The molecule has 2 saturated heterocycles.